The van der Waals surface area contributed by atoms with Crippen LogP contribution in [0.4, 0.5) is 0 Å². The number of carbonyl (C=O) groups is 2. The van der Waals surface area contributed by atoms with Crippen LogP contribution in [-0.4, -0.2) is 34.5 Å². The number of benzene rings is 1. The molecule has 1 aromatic carbocycles. The van der Waals surface area contributed by atoms with Crippen LogP contribution < -0.4 is 0 Å². The second kappa shape index (κ2) is 7.50. The Hall–Kier alpha value is -1.26. The summed E-state index contributed by atoms with van der Waals surface area (Å²) in [6.07, 6.45) is 0.800. The van der Waals surface area contributed by atoms with Crippen LogP contribution in [0.3, 0.4) is 0 Å². The molecule has 110 valence electrons. The summed E-state index contributed by atoms with van der Waals surface area (Å²) in [5.41, 5.74) is 0.711. The molecular formula is C14H17Cl2NO3. The van der Waals surface area contributed by atoms with Gasteiger partial charge in [-0.2, -0.15) is 0 Å². The molecule has 1 atom stereocenters. The first-order valence-electron chi connectivity index (χ1n) is 6.30. The highest BCUT2D eigenvalue weighted by molar-refractivity contribution is 6.42. The van der Waals surface area contributed by atoms with Gasteiger partial charge in [0.25, 0.3) is 0 Å². The Morgan fingerprint density at radius 2 is 1.95 bits per heavy atom. The lowest BCUT2D eigenvalue weighted by Gasteiger charge is -2.27. The predicted molar refractivity (Wildman–Crippen MR) is 79.3 cm³/mol. The molecule has 6 heteroatoms. The van der Waals surface area contributed by atoms with E-state index < -0.39 is 5.97 Å². The zero-order valence-electron chi connectivity index (χ0n) is 11.4. The molecule has 0 aliphatic heterocycles. The summed E-state index contributed by atoms with van der Waals surface area (Å²) in [6, 6.07) is 4.83. The molecule has 1 N–H and O–H groups in total. The van der Waals surface area contributed by atoms with Crippen LogP contribution in [0.1, 0.15) is 25.8 Å². The minimum Gasteiger partial charge on any atom is -0.480 e. The average Bonchev–Trinajstić information content (AvgIpc) is 2.39. The van der Waals surface area contributed by atoms with E-state index in [1.807, 2.05) is 13.8 Å². The maximum Gasteiger partial charge on any atom is 0.323 e. The average molecular weight is 318 g/mol. The fraction of sp³-hybridized carbons (Fsp3) is 0.429. The van der Waals surface area contributed by atoms with E-state index in [0.717, 1.165) is 0 Å². The van der Waals surface area contributed by atoms with Gasteiger partial charge in [-0.1, -0.05) is 36.2 Å². The fourth-order valence-corrected chi connectivity index (χ4v) is 2.10. The maximum absolute atomic E-state index is 12.2. The number of aliphatic carboxylic acids is 1. The third kappa shape index (κ3) is 4.69. The molecule has 0 aromatic heterocycles. The van der Waals surface area contributed by atoms with Gasteiger partial charge >= 0.3 is 5.97 Å². The number of rotatable bonds is 6. The van der Waals surface area contributed by atoms with Gasteiger partial charge in [-0.3, -0.25) is 9.59 Å². The summed E-state index contributed by atoms with van der Waals surface area (Å²) < 4.78 is 0. The maximum atomic E-state index is 12.2. The van der Waals surface area contributed by atoms with Crippen LogP contribution in [0.25, 0.3) is 0 Å². The van der Waals surface area contributed by atoms with Crippen molar-refractivity contribution >= 4 is 35.1 Å². The van der Waals surface area contributed by atoms with Crippen molar-refractivity contribution in [1.82, 2.24) is 4.90 Å². The molecule has 0 spiro atoms. The van der Waals surface area contributed by atoms with Gasteiger partial charge in [0.2, 0.25) is 5.91 Å². The van der Waals surface area contributed by atoms with Gasteiger partial charge in [0.05, 0.1) is 16.5 Å². The van der Waals surface area contributed by atoms with Crippen LogP contribution >= 0.6 is 23.2 Å². The van der Waals surface area contributed by atoms with Crippen molar-refractivity contribution in [3.8, 4) is 0 Å². The van der Waals surface area contributed by atoms with Crippen molar-refractivity contribution in [2.45, 2.75) is 32.7 Å². The fourth-order valence-electron chi connectivity index (χ4n) is 1.78. The van der Waals surface area contributed by atoms with Gasteiger partial charge in [-0.05, 0) is 31.0 Å². The van der Waals surface area contributed by atoms with Crippen molar-refractivity contribution < 1.29 is 14.7 Å². The van der Waals surface area contributed by atoms with Crippen LogP contribution in [0.2, 0.25) is 10.0 Å². The third-order valence-corrected chi connectivity index (χ3v) is 3.83. The minimum absolute atomic E-state index is 0.106. The largest absolute Gasteiger partial charge is 0.480 e. The quantitative estimate of drug-likeness (QED) is 0.876. The molecule has 0 saturated heterocycles. The molecule has 0 bridgehead atoms. The Bertz CT molecular complexity index is 505. The van der Waals surface area contributed by atoms with Crippen LogP contribution in [0.5, 0.6) is 0 Å². The molecule has 1 rings (SSSR count). The summed E-state index contributed by atoms with van der Waals surface area (Å²) in [5.74, 6) is -1.26. The van der Waals surface area contributed by atoms with E-state index in [0.29, 0.717) is 22.0 Å². The van der Waals surface area contributed by atoms with E-state index in [-0.39, 0.29) is 24.9 Å². The normalized spacial score (nSPS) is 12.0. The first-order chi connectivity index (χ1) is 9.35. The molecule has 0 saturated carbocycles. The van der Waals surface area contributed by atoms with Gasteiger partial charge in [0.1, 0.15) is 6.54 Å². The minimum atomic E-state index is -1.02. The molecule has 1 aromatic rings. The monoisotopic (exact) mass is 317 g/mol. The molecule has 0 fully saturated rings. The van der Waals surface area contributed by atoms with Crippen molar-refractivity contribution in [3.05, 3.63) is 33.8 Å². The Morgan fingerprint density at radius 3 is 2.45 bits per heavy atom. The standard InChI is InChI=1S/C14H17Cl2NO3/c1-3-9(2)17(8-14(19)20)13(18)7-10-4-5-11(15)12(16)6-10/h4-6,9H,3,7-8H2,1-2H3,(H,19,20). The molecule has 0 radical (unpaired) electrons. The van der Waals surface area contributed by atoms with Gasteiger partial charge < -0.3 is 10.0 Å². The lowest BCUT2D eigenvalue weighted by molar-refractivity contribution is -0.145. The zero-order chi connectivity index (χ0) is 15.3. The van der Waals surface area contributed by atoms with E-state index in [1.165, 1.54) is 4.90 Å². The molecule has 1 amide bonds. The number of nitrogens with zero attached hydrogens (tertiary/aromatic N) is 1. The third-order valence-electron chi connectivity index (χ3n) is 3.09. The van der Waals surface area contributed by atoms with Gasteiger partial charge in [0, 0.05) is 6.04 Å². The lowest BCUT2D eigenvalue weighted by atomic mass is 10.1. The summed E-state index contributed by atoms with van der Waals surface area (Å²) in [6.45, 7) is 3.44. The molecule has 0 heterocycles. The van der Waals surface area contributed by atoms with Crippen molar-refractivity contribution in [2.75, 3.05) is 6.54 Å². The highest BCUT2D eigenvalue weighted by Gasteiger charge is 2.21. The second-order valence-electron chi connectivity index (χ2n) is 4.60. The van der Waals surface area contributed by atoms with E-state index in [4.69, 9.17) is 28.3 Å². The van der Waals surface area contributed by atoms with Gasteiger partial charge in [-0.15, -0.1) is 0 Å². The summed E-state index contributed by atoms with van der Waals surface area (Å²) in [4.78, 5) is 24.5. The first kappa shape index (κ1) is 16.8. The number of hydrogen-bond donors (Lipinski definition) is 1. The topological polar surface area (TPSA) is 57.6 Å². The highest BCUT2D eigenvalue weighted by Crippen LogP contribution is 2.23. The zero-order valence-corrected chi connectivity index (χ0v) is 12.9. The summed E-state index contributed by atoms with van der Waals surface area (Å²) >= 11 is 11.7. The molecule has 1 unspecified atom stereocenters. The molecular weight excluding hydrogens is 301 g/mol. The number of carboxylic acid groups (broad SMARTS) is 1. The molecule has 20 heavy (non-hydrogen) atoms. The SMILES string of the molecule is CCC(C)N(CC(=O)O)C(=O)Cc1ccc(Cl)c(Cl)c1. The van der Waals surface area contributed by atoms with Crippen molar-refractivity contribution in [2.24, 2.45) is 0 Å². The summed E-state index contributed by atoms with van der Waals surface area (Å²) in [7, 11) is 0. The van der Waals surface area contributed by atoms with E-state index in [2.05, 4.69) is 0 Å². The van der Waals surface area contributed by atoms with Crippen molar-refractivity contribution in [1.29, 1.82) is 0 Å². The number of carboxylic acids is 1. The number of carbonyl (C=O) groups excluding carboxylic acids is 1. The van der Waals surface area contributed by atoms with Crippen LogP contribution in [0.15, 0.2) is 18.2 Å². The Kier molecular flexibility index (Phi) is 6.30. The van der Waals surface area contributed by atoms with Gasteiger partial charge in [0.15, 0.2) is 0 Å². The van der Waals surface area contributed by atoms with E-state index >= 15 is 0 Å². The second-order valence-corrected chi connectivity index (χ2v) is 5.41. The molecule has 4 nitrogen and oxygen atoms in total. The van der Waals surface area contributed by atoms with Crippen LogP contribution in [0, 0.1) is 0 Å². The number of hydrogen-bond acceptors (Lipinski definition) is 2. The first-order valence-corrected chi connectivity index (χ1v) is 7.06. The Morgan fingerprint density at radius 1 is 1.30 bits per heavy atom. The van der Waals surface area contributed by atoms with Gasteiger partial charge in [-0.25, -0.2) is 0 Å². The lowest BCUT2D eigenvalue weighted by Crippen LogP contribution is -2.42. The Labute approximate surface area is 128 Å². The Balaban J connectivity index is 2.84. The van der Waals surface area contributed by atoms with Crippen molar-refractivity contribution in [3.63, 3.8) is 0 Å². The number of amides is 1. The molecule has 0 aliphatic carbocycles. The molecule has 0 aliphatic rings. The predicted octanol–water partition coefficient (Wildman–Crippen LogP) is 3.25. The van der Waals surface area contributed by atoms with Crippen LogP contribution in [-0.2, 0) is 16.0 Å². The van der Waals surface area contributed by atoms with E-state index in [9.17, 15) is 9.59 Å². The summed E-state index contributed by atoms with van der Waals surface area (Å²) in [5, 5.41) is 9.69. The smallest absolute Gasteiger partial charge is 0.323 e. The number of halogens is 2. The highest BCUT2D eigenvalue weighted by atomic mass is 35.5. The van der Waals surface area contributed by atoms with E-state index in [1.54, 1.807) is 18.2 Å².